The summed E-state index contributed by atoms with van der Waals surface area (Å²) in [6.45, 7) is 0.421. The molecule has 0 N–H and O–H groups in total. The van der Waals surface area contributed by atoms with E-state index in [-0.39, 0.29) is 5.78 Å². The molecule has 0 bridgehead atoms. The lowest BCUT2D eigenvalue weighted by Gasteiger charge is -2.11. The highest BCUT2D eigenvalue weighted by molar-refractivity contribution is 6.31. The average Bonchev–Trinajstić information content (AvgIpc) is 2.81. The van der Waals surface area contributed by atoms with Crippen molar-refractivity contribution in [3.05, 3.63) is 64.2 Å². The van der Waals surface area contributed by atoms with Gasteiger partial charge in [-0.3, -0.25) is 4.79 Å². The second-order valence-corrected chi connectivity index (χ2v) is 4.99. The number of hydrogen-bond acceptors (Lipinski definition) is 2. The predicted octanol–water partition coefficient (Wildman–Crippen LogP) is 4.05. The van der Waals surface area contributed by atoms with Crippen LogP contribution in [0.15, 0.2) is 42.5 Å². The van der Waals surface area contributed by atoms with Gasteiger partial charge in [-0.1, -0.05) is 41.9 Å². The highest BCUT2D eigenvalue weighted by atomic mass is 35.5. The Balaban J connectivity index is 1.82. The fraction of sp³-hybridized carbons (Fsp3) is 0.188. The third kappa shape index (κ3) is 2.36. The summed E-state index contributed by atoms with van der Waals surface area (Å²) >= 11 is 6.10. The monoisotopic (exact) mass is 272 g/mol. The van der Waals surface area contributed by atoms with E-state index in [0.717, 1.165) is 28.9 Å². The maximum Gasteiger partial charge on any atom is 0.163 e. The van der Waals surface area contributed by atoms with Gasteiger partial charge in [-0.2, -0.15) is 0 Å². The van der Waals surface area contributed by atoms with Gasteiger partial charge in [0.15, 0.2) is 5.78 Å². The normalized spacial score (nSPS) is 13.4. The van der Waals surface area contributed by atoms with Crippen molar-refractivity contribution in [2.75, 3.05) is 0 Å². The van der Waals surface area contributed by atoms with Gasteiger partial charge in [0.2, 0.25) is 0 Å². The van der Waals surface area contributed by atoms with Crippen LogP contribution in [0.2, 0.25) is 5.02 Å². The molecule has 0 aromatic heterocycles. The Hall–Kier alpha value is -1.80. The summed E-state index contributed by atoms with van der Waals surface area (Å²) < 4.78 is 5.83. The first-order chi connectivity index (χ1) is 9.25. The minimum atomic E-state index is 0.207. The molecule has 19 heavy (non-hydrogen) atoms. The first-order valence-corrected chi connectivity index (χ1v) is 6.65. The summed E-state index contributed by atoms with van der Waals surface area (Å²) in [4.78, 5) is 11.7. The van der Waals surface area contributed by atoms with Gasteiger partial charge in [-0.15, -0.1) is 0 Å². The van der Waals surface area contributed by atoms with Crippen LogP contribution in [-0.4, -0.2) is 5.78 Å². The second kappa shape index (κ2) is 5.06. The van der Waals surface area contributed by atoms with E-state index in [4.69, 9.17) is 16.3 Å². The minimum Gasteiger partial charge on any atom is -0.489 e. The summed E-state index contributed by atoms with van der Waals surface area (Å²) in [5.74, 6) is 1.00. The summed E-state index contributed by atoms with van der Waals surface area (Å²) in [6.07, 6.45) is 1.36. The van der Waals surface area contributed by atoms with E-state index in [1.54, 1.807) is 0 Å². The molecule has 0 amide bonds. The Kier molecular flexibility index (Phi) is 3.26. The molecule has 0 spiro atoms. The molecule has 0 unspecified atom stereocenters. The van der Waals surface area contributed by atoms with Crippen molar-refractivity contribution in [1.82, 2.24) is 0 Å². The number of hydrogen-bond donors (Lipinski definition) is 0. The van der Waals surface area contributed by atoms with Gasteiger partial charge in [-0.25, -0.2) is 0 Å². The van der Waals surface area contributed by atoms with Gasteiger partial charge < -0.3 is 4.74 Å². The van der Waals surface area contributed by atoms with Gasteiger partial charge in [-0.05, 0) is 18.6 Å². The van der Waals surface area contributed by atoms with E-state index in [0.29, 0.717) is 18.1 Å². The standard InChI is InChI=1S/C16H13ClO2/c17-14-6-2-1-4-11(14)10-19-16-7-3-5-12-13(16)8-9-15(12)18/h1-7H,8-10H2. The number of Topliss-reactive ketones (excluding diaryl/α,β-unsaturated/α-hetero) is 1. The minimum absolute atomic E-state index is 0.207. The highest BCUT2D eigenvalue weighted by Gasteiger charge is 2.22. The second-order valence-electron chi connectivity index (χ2n) is 4.59. The van der Waals surface area contributed by atoms with Gasteiger partial charge in [0.1, 0.15) is 12.4 Å². The smallest absolute Gasteiger partial charge is 0.163 e. The number of carbonyl (C=O) groups is 1. The van der Waals surface area contributed by atoms with Crippen LogP contribution in [0.3, 0.4) is 0 Å². The third-order valence-electron chi connectivity index (χ3n) is 3.38. The van der Waals surface area contributed by atoms with Crippen molar-refractivity contribution < 1.29 is 9.53 Å². The summed E-state index contributed by atoms with van der Waals surface area (Å²) in [6, 6.07) is 13.3. The molecule has 0 fully saturated rings. The SMILES string of the molecule is O=C1CCc2c(OCc3ccccc3Cl)cccc21. The molecular formula is C16H13ClO2. The number of halogens is 1. The number of ether oxygens (including phenoxy) is 1. The molecule has 1 aliphatic carbocycles. The zero-order chi connectivity index (χ0) is 13.2. The van der Waals surface area contributed by atoms with Crippen LogP contribution in [0.25, 0.3) is 0 Å². The van der Waals surface area contributed by atoms with E-state index < -0.39 is 0 Å². The lowest BCUT2D eigenvalue weighted by Crippen LogP contribution is -1.99. The molecule has 2 aromatic carbocycles. The molecule has 0 aliphatic heterocycles. The molecule has 2 aromatic rings. The van der Waals surface area contributed by atoms with E-state index in [9.17, 15) is 4.79 Å². The number of fused-ring (bicyclic) bond motifs is 1. The number of benzene rings is 2. The number of carbonyl (C=O) groups excluding carboxylic acids is 1. The van der Waals surface area contributed by atoms with Gasteiger partial charge in [0, 0.05) is 28.1 Å². The molecule has 0 saturated carbocycles. The van der Waals surface area contributed by atoms with E-state index in [1.165, 1.54) is 0 Å². The van der Waals surface area contributed by atoms with Crippen molar-refractivity contribution in [2.45, 2.75) is 19.4 Å². The molecule has 3 heteroatoms. The Bertz CT molecular complexity index is 634. The highest BCUT2D eigenvalue weighted by Crippen LogP contribution is 2.31. The average molecular weight is 273 g/mol. The zero-order valence-electron chi connectivity index (χ0n) is 10.4. The molecule has 1 aliphatic rings. The van der Waals surface area contributed by atoms with Gasteiger partial charge in [0.05, 0.1) is 0 Å². The molecule has 96 valence electrons. The van der Waals surface area contributed by atoms with Crippen LogP contribution in [0.4, 0.5) is 0 Å². The Morgan fingerprint density at radius 3 is 2.74 bits per heavy atom. The molecule has 0 radical (unpaired) electrons. The van der Waals surface area contributed by atoms with E-state index >= 15 is 0 Å². The maximum atomic E-state index is 11.7. The Labute approximate surface area is 117 Å². The summed E-state index contributed by atoms with van der Waals surface area (Å²) in [7, 11) is 0. The van der Waals surface area contributed by atoms with Crippen LogP contribution in [0.5, 0.6) is 5.75 Å². The van der Waals surface area contributed by atoms with E-state index in [2.05, 4.69) is 0 Å². The van der Waals surface area contributed by atoms with Crippen LogP contribution < -0.4 is 4.74 Å². The Morgan fingerprint density at radius 1 is 1.05 bits per heavy atom. The van der Waals surface area contributed by atoms with Gasteiger partial charge >= 0.3 is 0 Å². The largest absolute Gasteiger partial charge is 0.489 e. The fourth-order valence-electron chi connectivity index (χ4n) is 2.36. The van der Waals surface area contributed by atoms with Crippen LogP contribution in [-0.2, 0) is 13.0 Å². The van der Waals surface area contributed by atoms with Crippen LogP contribution >= 0.6 is 11.6 Å². The molecule has 0 saturated heterocycles. The van der Waals surface area contributed by atoms with Crippen LogP contribution in [0, 0.1) is 0 Å². The van der Waals surface area contributed by atoms with Gasteiger partial charge in [0.25, 0.3) is 0 Å². The Morgan fingerprint density at radius 2 is 1.89 bits per heavy atom. The first-order valence-electron chi connectivity index (χ1n) is 6.27. The topological polar surface area (TPSA) is 26.3 Å². The maximum absolute atomic E-state index is 11.7. The first kappa shape index (κ1) is 12.2. The molecule has 0 heterocycles. The summed E-state index contributed by atoms with van der Waals surface area (Å²) in [5, 5.41) is 0.700. The lowest BCUT2D eigenvalue weighted by molar-refractivity contribution is 0.0994. The zero-order valence-corrected chi connectivity index (χ0v) is 11.1. The molecule has 3 rings (SSSR count). The lowest BCUT2D eigenvalue weighted by atomic mass is 10.1. The molecule has 2 nitrogen and oxygen atoms in total. The molecular weight excluding hydrogens is 260 g/mol. The third-order valence-corrected chi connectivity index (χ3v) is 3.75. The van der Waals surface area contributed by atoms with Crippen molar-refractivity contribution in [2.24, 2.45) is 0 Å². The van der Waals surface area contributed by atoms with Crippen molar-refractivity contribution in [1.29, 1.82) is 0 Å². The van der Waals surface area contributed by atoms with Crippen LogP contribution in [0.1, 0.15) is 27.9 Å². The molecule has 0 atom stereocenters. The fourth-order valence-corrected chi connectivity index (χ4v) is 2.55. The number of rotatable bonds is 3. The number of ketones is 1. The van der Waals surface area contributed by atoms with Crippen molar-refractivity contribution in [3.63, 3.8) is 0 Å². The summed E-state index contributed by atoms with van der Waals surface area (Å²) in [5.41, 5.74) is 2.78. The quantitative estimate of drug-likeness (QED) is 0.843. The predicted molar refractivity (Wildman–Crippen MR) is 74.9 cm³/mol. The van der Waals surface area contributed by atoms with Crippen molar-refractivity contribution >= 4 is 17.4 Å². The van der Waals surface area contributed by atoms with E-state index in [1.807, 2.05) is 42.5 Å². The van der Waals surface area contributed by atoms with Crippen molar-refractivity contribution in [3.8, 4) is 5.75 Å².